The van der Waals surface area contributed by atoms with Crippen LogP contribution < -0.4 is 16.7 Å². The van der Waals surface area contributed by atoms with Gasteiger partial charge in [0.25, 0.3) is 5.56 Å². The van der Waals surface area contributed by atoms with Crippen LogP contribution in [-0.4, -0.2) is 25.3 Å². The quantitative estimate of drug-likeness (QED) is 0.315. The number of nitrogens with one attached hydrogen (secondary N) is 2. The van der Waals surface area contributed by atoms with E-state index in [1.165, 1.54) is 23.7 Å². The zero-order chi connectivity index (χ0) is 22.7. The molecule has 0 spiro atoms. The van der Waals surface area contributed by atoms with Crippen molar-refractivity contribution >= 4 is 45.3 Å². The number of hydrazone groups is 1. The van der Waals surface area contributed by atoms with E-state index in [0.29, 0.717) is 4.48 Å². The molecule has 10 heteroatoms. The lowest BCUT2D eigenvalue weighted by atomic mass is 10.2. The molecule has 0 saturated carbocycles. The van der Waals surface area contributed by atoms with E-state index in [0.717, 1.165) is 11.1 Å². The van der Waals surface area contributed by atoms with E-state index >= 15 is 0 Å². The molecule has 0 bridgehead atoms. The Hall–Kier alpha value is -3.79. The maximum absolute atomic E-state index is 13.3. The second-order valence-corrected chi connectivity index (χ2v) is 7.86. The normalized spacial score (nSPS) is 12.0. The molecular weight excluding hydrogens is 479 g/mol. The highest BCUT2D eigenvalue weighted by atomic mass is 79.9. The van der Waals surface area contributed by atoms with Crippen LogP contribution in [0.1, 0.15) is 11.1 Å². The molecule has 0 aliphatic carbocycles. The summed E-state index contributed by atoms with van der Waals surface area (Å²) in [5.74, 6) is -0.102. The van der Waals surface area contributed by atoms with Crippen molar-refractivity contribution in [3.05, 3.63) is 96.9 Å². The van der Waals surface area contributed by atoms with Gasteiger partial charge in [0.05, 0.1) is 12.8 Å². The van der Waals surface area contributed by atoms with Crippen LogP contribution in [0.5, 0.6) is 0 Å². The van der Waals surface area contributed by atoms with E-state index in [1.54, 1.807) is 22.9 Å². The molecule has 0 radical (unpaired) electrons. The first-order chi connectivity index (χ1) is 15.4. The van der Waals surface area contributed by atoms with Crippen molar-refractivity contribution in [1.82, 2.24) is 19.1 Å². The van der Waals surface area contributed by atoms with E-state index in [1.807, 2.05) is 36.4 Å². The zero-order valence-electron chi connectivity index (χ0n) is 16.9. The molecule has 0 fully saturated rings. The summed E-state index contributed by atoms with van der Waals surface area (Å²) < 4.78 is 16.9. The van der Waals surface area contributed by atoms with Crippen LogP contribution in [0.4, 0.5) is 10.3 Å². The first-order valence-corrected chi connectivity index (χ1v) is 10.4. The summed E-state index contributed by atoms with van der Waals surface area (Å²) >= 11 is 3.44. The fourth-order valence-electron chi connectivity index (χ4n) is 3.14. The number of hydrogen-bond donors (Lipinski definition) is 2. The number of benzene rings is 2. The number of anilines is 1. The molecule has 0 aliphatic heterocycles. The molecule has 2 aromatic heterocycles. The number of H-pyrrole nitrogens is 1. The predicted molar refractivity (Wildman–Crippen MR) is 127 cm³/mol. The molecule has 0 saturated heterocycles. The van der Waals surface area contributed by atoms with Gasteiger partial charge in [0.1, 0.15) is 5.82 Å². The summed E-state index contributed by atoms with van der Waals surface area (Å²) in [7, 11) is 1.52. The molecule has 4 rings (SSSR count). The van der Waals surface area contributed by atoms with Crippen LogP contribution in [0.2, 0.25) is 0 Å². The second-order valence-electron chi connectivity index (χ2n) is 6.95. The number of halogens is 2. The van der Waals surface area contributed by atoms with Gasteiger partial charge in [-0.05, 0) is 45.3 Å². The highest BCUT2D eigenvalue weighted by Crippen LogP contribution is 2.18. The number of allylic oxidation sites excluding steroid dienone is 1. The van der Waals surface area contributed by atoms with Crippen molar-refractivity contribution in [3.63, 3.8) is 0 Å². The second kappa shape index (κ2) is 9.15. The Morgan fingerprint density at radius 2 is 1.91 bits per heavy atom. The minimum absolute atomic E-state index is 0.202. The number of aromatic nitrogens is 4. The van der Waals surface area contributed by atoms with E-state index in [-0.39, 0.29) is 29.5 Å². The van der Waals surface area contributed by atoms with Crippen LogP contribution in [0.3, 0.4) is 0 Å². The smallest absolute Gasteiger partial charge is 0.298 e. The number of hydrogen-bond acceptors (Lipinski definition) is 5. The van der Waals surface area contributed by atoms with Crippen molar-refractivity contribution in [1.29, 1.82) is 0 Å². The third-order valence-corrected chi connectivity index (χ3v) is 5.15. The third kappa shape index (κ3) is 4.59. The number of fused-ring (bicyclic) bond motifs is 1. The summed E-state index contributed by atoms with van der Waals surface area (Å²) in [5, 5.41) is 4.20. The molecular formula is C22H18BrFN6O2. The molecule has 8 nitrogen and oxygen atoms in total. The fourth-order valence-corrected chi connectivity index (χ4v) is 3.51. The van der Waals surface area contributed by atoms with Gasteiger partial charge in [-0.25, -0.2) is 14.6 Å². The fraction of sp³-hybridized carbons (Fsp3) is 0.0909. The summed E-state index contributed by atoms with van der Waals surface area (Å²) in [6.45, 7) is 0.219. The Bertz CT molecular complexity index is 1440. The van der Waals surface area contributed by atoms with Gasteiger partial charge >= 0.3 is 5.69 Å². The first-order valence-electron chi connectivity index (χ1n) is 9.57. The van der Waals surface area contributed by atoms with E-state index in [2.05, 4.69) is 36.4 Å². The number of aryl methyl sites for hydroxylation is 1. The molecule has 0 aliphatic rings. The number of rotatable bonds is 6. The lowest BCUT2D eigenvalue weighted by molar-refractivity contribution is 0.626. The van der Waals surface area contributed by atoms with Gasteiger partial charge in [0.2, 0.25) is 5.95 Å². The highest BCUT2D eigenvalue weighted by molar-refractivity contribution is 9.12. The molecule has 162 valence electrons. The number of imidazole rings is 1. The van der Waals surface area contributed by atoms with Gasteiger partial charge < -0.3 is 0 Å². The first kappa shape index (κ1) is 21.4. The Morgan fingerprint density at radius 3 is 2.62 bits per heavy atom. The van der Waals surface area contributed by atoms with Crippen molar-refractivity contribution in [2.45, 2.75) is 6.54 Å². The number of aromatic amines is 1. The van der Waals surface area contributed by atoms with Crippen molar-refractivity contribution in [2.24, 2.45) is 12.1 Å². The summed E-state index contributed by atoms with van der Waals surface area (Å²) in [5.41, 5.74) is 3.84. The lowest BCUT2D eigenvalue weighted by Gasteiger charge is -2.08. The third-order valence-electron chi connectivity index (χ3n) is 4.72. The topological polar surface area (TPSA) is 97.1 Å². The van der Waals surface area contributed by atoms with Crippen molar-refractivity contribution in [2.75, 3.05) is 5.43 Å². The molecule has 2 aromatic carbocycles. The van der Waals surface area contributed by atoms with Crippen LogP contribution in [0.15, 0.2) is 73.8 Å². The van der Waals surface area contributed by atoms with Crippen LogP contribution >= 0.6 is 15.9 Å². The maximum Gasteiger partial charge on any atom is 0.329 e. The molecule has 32 heavy (non-hydrogen) atoms. The molecule has 0 unspecified atom stereocenters. The van der Waals surface area contributed by atoms with Crippen molar-refractivity contribution in [3.8, 4) is 0 Å². The van der Waals surface area contributed by atoms with Crippen LogP contribution in [0.25, 0.3) is 17.2 Å². The Balaban J connectivity index is 1.71. The molecule has 4 aromatic rings. The molecule has 0 amide bonds. The highest BCUT2D eigenvalue weighted by Gasteiger charge is 2.17. The Labute approximate surface area is 189 Å². The van der Waals surface area contributed by atoms with Gasteiger partial charge in [0.15, 0.2) is 11.2 Å². The predicted octanol–water partition coefficient (Wildman–Crippen LogP) is 3.44. The average Bonchev–Trinajstić information content (AvgIpc) is 3.13. The Kier molecular flexibility index (Phi) is 6.13. The molecule has 0 atom stereocenters. The zero-order valence-corrected chi connectivity index (χ0v) is 18.5. The maximum atomic E-state index is 13.3. The van der Waals surface area contributed by atoms with Gasteiger partial charge in [-0.1, -0.05) is 42.5 Å². The summed E-state index contributed by atoms with van der Waals surface area (Å²) in [6.07, 6.45) is 3.44. The standard InChI is InChI=1S/C22H18BrFN6O2/c1-29-19-18(20(31)27-22(29)32)30(13-15-7-9-17(24)10-8-15)21(26-19)28-25-12-16(23)11-14-5-3-2-4-6-14/h2-12H,13H2,1H3,(H,26,28)(H,27,31,32). The average molecular weight is 497 g/mol. The lowest BCUT2D eigenvalue weighted by Crippen LogP contribution is -2.29. The largest absolute Gasteiger partial charge is 0.329 e. The van der Waals surface area contributed by atoms with Crippen LogP contribution in [-0.2, 0) is 13.6 Å². The van der Waals surface area contributed by atoms with E-state index < -0.39 is 11.2 Å². The molecule has 2 heterocycles. The number of nitrogens with zero attached hydrogens (tertiary/aromatic N) is 4. The Morgan fingerprint density at radius 1 is 1.19 bits per heavy atom. The minimum Gasteiger partial charge on any atom is -0.298 e. The van der Waals surface area contributed by atoms with E-state index in [4.69, 9.17) is 0 Å². The van der Waals surface area contributed by atoms with Gasteiger partial charge in [-0.2, -0.15) is 10.1 Å². The summed E-state index contributed by atoms with van der Waals surface area (Å²) in [4.78, 5) is 31.2. The van der Waals surface area contributed by atoms with Crippen molar-refractivity contribution < 1.29 is 4.39 Å². The van der Waals surface area contributed by atoms with Gasteiger partial charge in [-0.15, -0.1) is 0 Å². The minimum atomic E-state index is -0.572. The van der Waals surface area contributed by atoms with Crippen LogP contribution in [0, 0.1) is 5.82 Å². The van der Waals surface area contributed by atoms with E-state index in [9.17, 15) is 14.0 Å². The van der Waals surface area contributed by atoms with Gasteiger partial charge in [-0.3, -0.25) is 18.9 Å². The monoisotopic (exact) mass is 496 g/mol. The molecule has 2 N–H and O–H groups in total. The summed E-state index contributed by atoms with van der Waals surface area (Å²) in [6, 6.07) is 15.6. The SMILES string of the molecule is Cn1c(=O)[nH]c(=O)c2c1nc(NN=CC(Br)=Cc1ccccc1)n2Cc1ccc(F)cc1. The van der Waals surface area contributed by atoms with Gasteiger partial charge in [0, 0.05) is 11.5 Å².